The van der Waals surface area contributed by atoms with Gasteiger partial charge in [0.1, 0.15) is 6.04 Å². The zero-order valence-corrected chi connectivity index (χ0v) is 15.7. The Morgan fingerprint density at radius 3 is 2.82 bits per heavy atom. The monoisotopic (exact) mass is 384 g/mol. The molecule has 148 valence electrons. The Labute approximate surface area is 163 Å². The Kier molecular flexibility index (Phi) is 4.22. The molecule has 1 aromatic carbocycles. The Morgan fingerprint density at radius 1 is 1.21 bits per heavy atom. The van der Waals surface area contributed by atoms with Crippen molar-refractivity contribution in [1.82, 2.24) is 20.4 Å². The summed E-state index contributed by atoms with van der Waals surface area (Å²) in [5.41, 5.74) is 2.86. The van der Waals surface area contributed by atoms with Gasteiger partial charge in [0.05, 0.1) is 18.8 Å². The summed E-state index contributed by atoms with van der Waals surface area (Å²) < 4.78 is 5.49. The number of piperazine rings is 1. The highest BCUT2D eigenvalue weighted by Crippen LogP contribution is 2.33. The molecule has 8 heteroatoms. The van der Waals surface area contributed by atoms with Crippen LogP contribution in [0.1, 0.15) is 34.3 Å². The molecule has 1 unspecified atom stereocenters. The second-order valence-corrected chi connectivity index (χ2v) is 8.16. The highest BCUT2D eigenvalue weighted by atomic mass is 16.5. The quantitative estimate of drug-likeness (QED) is 0.691. The van der Waals surface area contributed by atoms with Gasteiger partial charge in [0.15, 0.2) is 0 Å². The van der Waals surface area contributed by atoms with Gasteiger partial charge in [0, 0.05) is 44.7 Å². The normalized spacial score (nSPS) is 26.9. The summed E-state index contributed by atoms with van der Waals surface area (Å²) in [6.45, 7) is 5.46. The minimum absolute atomic E-state index is 0.0485. The standard InChI is InChI=1S/C20H24N4O4/c25-17-5-4-16(18(26)22-17)24-9-15-13(2-1-3-14(15)19(24)27)8-23-7-6-21-10-20(23)11-28-12-20/h1-3,16,21H,4-12H2,(H,22,25,26). The molecule has 28 heavy (non-hydrogen) atoms. The van der Waals surface area contributed by atoms with E-state index in [1.165, 1.54) is 0 Å². The first-order valence-electron chi connectivity index (χ1n) is 9.86. The van der Waals surface area contributed by atoms with Crippen LogP contribution in [0, 0.1) is 0 Å². The Morgan fingerprint density at radius 2 is 2.07 bits per heavy atom. The molecule has 0 radical (unpaired) electrons. The molecular formula is C20H24N4O4. The molecule has 0 bridgehead atoms. The minimum Gasteiger partial charge on any atom is -0.377 e. The van der Waals surface area contributed by atoms with Crippen LogP contribution in [0.3, 0.4) is 0 Å². The van der Waals surface area contributed by atoms with E-state index in [-0.39, 0.29) is 29.7 Å². The number of ether oxygens (including phenoxy) is 1. The van der Waals surface area contributed by atoms with E-state index in [1.807, 2.05) is 12.1 Å². The summed E-state index contributed by atoms with van der Waals surface area (Å²) in [7, 11) is 0. The van der Waals surface area contributed by atoms with Gasteiger partial charge >= 0.3 is 0 Å². The topological polar surface area (TPSA) is 91.0 Å². The SMILES string of the molecule is O=C1CCC(N2Cc3c(CN4CCNCC45COC5)cccc3C2=O)C(=O)N1. The van der Waals surface area contributed by atoms with Crippen LogP contribution < -0.4 is 10.6 Å². The number of carbonyl (C=O) groups is 3. The molecule has 4 aliphatic heterocycles. The first-order valence-corrected chi connectivity index (χ1v) is 9.86. The highest BCUT2D eigenvalue weighted by molar-refractivity contribution is 6.05. The van der Waals surface area contributed by atoms with Gasteiger partial charge < -0.3 is 15.0 Å². The maximum atomic E-state index is 13.0. The highest BCUT2D eigenvalue weighted by Gasteiger charge is 2.46. The second kappa shape index (κ2) is 6.65. The number of benzene rings is 1. The molecule has 0 aliphatic carbocycles. The number of hydrogen-bond donors (Lipinski definition) is 2. The Hall–Kier alpha value is -2.29. The smallest absolute Gasteiger partial charge is 0.255 e. The molecule has 1 aromatic rings. The first-order chi connectivity index (χ1) is 13.6. The lowest BCUT2D eigenvalue weighted by Gasteiger charge is -2.52. The third kappa shape index (κ3) is 2.75. The van der Waals surface area contributed by atoms with Crippen molar-refractivity contribution in [1.29, 1.82) is 0 Å². The van der Waals surface area contributed by atoms with Gasteiger partial charge in [0.2, 0.25) is 11.8 Å². The van der Waals surface area contributed by atoms with E-state index in [4.69, 9.17) is 4.74 Å². The molecule has 4 heterocycles. The van der Waals surface area contributed by atoms with Gasteiger partial charge in [-0.2, -0.15) is 0 Å². The minimum atomic E-state index is -0.573. The number of nitrogens with one attached hydrogen (secondary N) is 2. The van der Waals surface area contributed by atoms with Gasteiger partial charge in [-0.05, 0) is 23.6 Å². The number of fused-ring (bicyclic) bond motifs is 1. The van der Waals surface area contributed by atoms with E-state index < -0.39 is 6.04 Å². The zero-order valence-electron chi connectivity index (χ0n) is 15.7. The fourth-order valence-electron chi connectivity index (χ4n) is 4.76. The maximum Gasteiger partial charge on any atom is 0.255 e. The van der Waals surface area contributed by atoms with Crippen molar-refractivity contribution in [3.05, 3.63) is 34.9 Å². The predicted molar refractivity (Wildman–Crippen MR) is 99.3 cm³/mol. The lowest BCUT2D eigenvalue weighted by atomic mass is 9.91. The molecule has 3 fully saturated rings. The fraction of sp³-hybridized carbons (Fsp3) is 0.550. The van der Waals surface area contributed by atoms with Crippen molar-refractivity contribution in [2.75, 3.05) is 32.8 Å². The largest absolute Gasteiger partial charge is 0.377 e. The molecule has 4 aliphatic rings. The Bertz CT molecular complexity index is 851. The number of hydrogen-bond acceptors (Lipinski definition) is 6. The number of nitrogens with zero attached hydrogens (tertiary/aromatic N) is 2. The lowest BCUT2D eigenvalue weighted by molar-refractivity contribution is -0.151. The van der Waals surface area contributed by atoms with E-state index in [1.54, 1.807) is 4.90 Å². The summed E-state index contributed by atoms with van der Waals surface area (Å²) in [6.07, 6.45) is 0.657. The van der Waals surface area contributed by atoms with Crippen molar-refractivity contribution >= 4 is 17.7 Å². The summed E-state index contributed by atoms with van der Waals surface area (Å²) in [6, 6.07) is 5.27. The van der Waals surface area contributed by atoms with Crippen LogP contribution in [0.5, 0.6) is 0 Å². The average Bonchev–Trinajstić information content (AvgIpc) is 2.99. The van der Waals surface area contributed by atoms with E-state index in [0.717, 1.165) is 50.5 Å². The lowest BCUT2D eigenvalue weighted by Crippen LogP contribution is -2.70. The second-order valence-electron chi connectivity index (χ2n) is 8.16. The molecular weight excluding hydrogens is 360 g/mol. The van der Waals surface area contributed by atoms with E-state index in [9.17, 15) is 14.4 Å². The summed E-state index contributed by atoms with van der Waals surface area (Å²) >= 11 is 0. The molecule has 0 aromatic heterocycles. The average molecular weight is 384 g/mol. The number of imide groups is 1. The first kappa shape index (κ1) is 17.8. The summed E-state index contributed by atoms with van der Waals surface area (Å²) in [5, 5.41) is 5.81. The van der Waals surface area contributed by atoms with Crippen molar-refractivity contribution in [2.45, 2.75) is 37.5 Å². The molecule has 2 N–H and O–H groups in total. The summed E-state index contributed by atoms with van der Waals surface area (Å²) in [5.74, 6) is -0.752. The number of rotatable bonds is 3. The predicted octanol–water partition coefficient (Wildman–Crippen LogP) is -0.378. The maximum absolute atomic E-state index is 13.0. The van der Waals surface area contributed by atoms with Crippen LogP contribution in [0.25, 0.3) is 0 Å². The number of carbonyl (C=O) groups excluding carboxylic acids is 3. The third-order valence-corrected chi connectivity index (χ3v) is 6.47. The van der Waals surface area contributed by atoms with Gasteiger partial charge in [0.25, 0.3) is 5.91 Å². The molecule has 0 saturated carbocycles. The number of amides is 3. The van der Waals surface area contributed by atoms with Crippen LogP contribution in [0.15, 0.2) is 18.2 Å². The van der Waals surface area contributed by atoms with Crippen LogP contribution in [0.2, 0.25) is 0 Å². The zero-order chi connectivity index (χ0) is 19.3. The van der Waals surface area contributed by atoms with Gasteiger partial charge in [-0.1, -0.05) is 12.1 Å². The fourth-order valence-corrected chi connectivity index (χ4v) is 4.76. The third-order valence-electron chi connectivity index (χ3n) is 6.47. The van der Waals surface area contributed by atoms with Crippen LogP contribution in [-0.4, -0.2) is 72.0 Å². The van der Waals surface area contributed by atoms with E-state index in [2.05, 4.69) is 21.6 Å². The van der Waals surface area contributed by atoms with Gasteiger partial charge in [-0.15, -0.1) is 0 Å². The molecule has 1 atom stereocenters. The van der Waals surface area contributed by atoms with E-state index in [0.29, 0.717) is 18.5 Å². The van der Waals surface area contributed by atoms with Crippen molar-refractivity contribution in [3.8, 4) is 0 Å². The molecule has 3 saturated heterocycles. The van der Waals surface area contributed by atoms with Crippen LogP contribution in [0.4, 0.5) is 0 Å². The number of piperidine rings is 1. The van der Waals surface area contributed by atoms with Crippen molar-refractivity contribution < 1.29 is 19.1 Å². The van der Waals surface area contributed by atoms with Crippen molar-refractivity contribution in [3.63, 3.8) is 0 Å². The molecule has 5 rings (SSSR count). The van der Waals surface area contributed by atoms with E-state index >= 15 is 0 Å². The van der Waals surface area contributed by atoms with Gasteiger partial charge in [-0.3, -0.25) is 24.6 Å². The van der Waals surface area contributed by atoms with Gasteiger partial charge in [-0.25, -0.2) is 0 Å². The Balaban J connectivity index is 1.39. The molecule has 3 amide bonds. The molecule has 1 spiro atoms. The van der Waals surface area contributed by atoms with Crippen molar-refractivity contribution in [2.24, 2.45) is 0 Å². The summed E-state index contributed by atoms with van der Waals surface area (Å²) in [4.78, 5) is 40.8. The van der Waals surface area contributed by atoms with Crippen LogP contribution in [-0.2, 0) is 27.4 Å². The van der Waals surface area contributed by atoms with Crippen LogP contribution >= 0.6 is 0 Å². The molecule has 8 nitrogen and oxygen atoms in total.